The smallest absolute Gasteiger partial charge is 0.132 e. The Hall–Kier alpha value is -2.04. The predicted octanol–water partition coefficient (Wildman–Crippen LogP) is 3.80. The zero-order valence-corrected chi connectivity index (χ0v) is 15.4. The summed E-state index contributed by atoms with van der Waals surface area (Å²) in [4.78, 5) is 0. The molecule has 2 saturated heterocycles. The second-order valence-electron chi connectivity index (χ2n) is 7.18. The van der Waals surface area contributed by atoms with Crippen molar-refractivity contribution in [3.05, 3.63) is 59.7 Å². The van der Waals surface area contributed by atoms with Gasteiger partial charge in [-0.25, -0.2) is 0 Å². The minimum atomic E-state index is -0.0681. The van der Waals surface area contributed by atoms with Gasteiger partial charge in [0, 0.05) is 12.8 Å². The second kappa shape index (κ2) is 7.68. The van der Waals surface area contributed by atoms with Crippen LogP contribution in [0.15, 0.2) is 48.5 Å². The van der Waals surface area contributed by atoms with E-state index in [4.69, 9.17) is 18.9 Å². The minimum absolute atomic E-state index is 0.0681. The van der Waals surface area contributed by atoms with Gasteiger partial charge in [0.2, 0.25) is 0 Å². The molecule has 4 heteroatoms. The molecule has 4 nitrogen and oxygen atoms in total. The van der Waals surface area contributed by atoms with Crippen molar-refractivity contribution in [3.8, 4) is 11.5 Å². The molecule has 4 rings (SSSR count). The second-order valence-corrected chi connectivity index (χ2v) is 7.18. The third kappa shape index (κ3) is 4.57. The SMILES string of the molecule is CC(Oc1ccccc1CC1CO1)C(C)Oc1ccccc1CC1CO1. The standard InChI is InChI=1S/C22H26O4/c1-15(25-21-9-5-3-7-17(21)11-19-13-23-19)16(2)26-22-10-6-4-8-18(22)12-20-14-24-20/h3-10,15-16,19-20H,11-14H2,1-2H3. The molecule has 0 amide bonds. The quantitative estimate of drug-likeness (QED) is 0.643. The van der Waals surface area contributed by atoms with Gasteiger partial charge >= 0.3 is 0 Å². The molecule has 138 valence electrons. The fraction of sp³-hybridized carbons (Fsp3) is 0.455. The molecule has 0 radical (unpaired) electrons. The molecule has 4 atom stereocenters. The molecule has 26 heavy (non-hydrogen) atoms. The van der Waals surface area contributed by atoms with Crippen LogP contribution in [-0.2, 0) is 22.3 Å². The summed E-state index contributed by atoms with van der Waals surface area (Å²) >= 11 is 0. The molecule has 2 aromatic carbocycles. The highest BCUT2D eigenvalue weighted by atomic mass is 16.6. The molecule has 4 unspecified atom stereocenters. The number of hydrogen-bond acceptors (Lipinski definition) is 4. The van der Waals surface area contributed by atoms with Gasteiger partial charge in [0.25, 0.3) is 0 Å². The lowest BCUT2D eigenvalue weighted by molar-refractivity contribution is 0.0764. The first-order valence-corrected chi connectivity index (χ1v) is 9.41. The average molecular weight is 354 g/mol. The van der Waals surface area contributed by atoms with Crippen molar-refractivity contribution in [3.63, 3.8) is 0 Å². The fourth-order valence-electron chi connectivity index (χ4n) is 3.03. The van der Waals surface area contributed by atoms with Crippen molar-refractivity contribution in [1.29, 1.82) is 0 Å². The number of para-hydroxylation sites is 2. The summed E-state index contributed by atoms with van der Waals surface area (Å²) in [6.45, 7) is 5.82. The van der Waals surface area contributed by atoms with E-state index in [-0.39, 0.29) is 12.2 Å². The monoisotopic (exact) mass is 354 g/mol. The first kappa shape index (κ1) is 17.4. The Morgan fingerprint density at radius 3 is 1.54 bits per heavy atom. The number of ether oxygens (including phenoxy) is 4. The van der Waals surface area contributed by atoms with E-state index in [0.717, 1.165) is 37.6 Å². The van der Waals surface area contributed by atoms with E-state index in [2.05, 4.69) is 26.0 Å². The Morgan fingerprint density at radius 1 is 0.769 bits per heavy atom. The molecule has 0 aromatic heterocycles. The van der Waals surface area contributed by atoms with Crippen LogP contribution in [0.1, 0.15) is 25.0 Å². The summed E-state index contributed by atoms with van der Waals surface area (Å²) in [5, 5.41) is 0. The van der Waals surface area contributed by atoms with Crippen LogP contribution in [0, 0.1) is 0 Å². The van der Waals surface area contributed by atoms with E-state index in [0.29, 0.717) is 12.2 Å². The molecule has 2 aliphatic heterocycles. The maximum atomic E-state index is 6.24. The predicted molar refractivity (Wildman–Crippen MR) is 100.0 cm³/mol. The third-order valence-electron chi connectivity index (χ3n) is 4.93. The highest BCUT2D eigenvalue weighted by molar-refractivity contribution is 5.36. The van der Waals surface area contributed by atoms with E-state index in [1.54, 1.807) is 0 Å². The van der Waals surface area contributed by atoms with Crippen LogP contribution in [0.25, 0.3) is 0 Å². The molecule has 2 heterocycles. The maximum absolute atomic E-state index is 6.24. The average Bonchev–Trinajstić information content (AvgIpc) is 3.55. The van der Waals surface area contributed by atoms with Crippen LogP contribution in [0.2, 0.25) is 0 Å². The van der Waals surface area contributed by atoms with Crippen molar-refractivity contribution < 1.29 is 18.9 Å². The molecule has 0 bridgehead atoms. The molecule has 2 aliphatic rings. The Kier molecular flexibility index (Phi) is 5.14. The maximum Gasteiger partial charge on any atom is 0.132 e. The van der Waals surface area contributed by atoms with E-state index < -0.39 is 0 Å². The molecule has 2 aromatic rings. The first-order valence-electron chi connectivity index (χ1n) is 9.41. The minimum Gasteiger partial charge on any atom is -0.487 e. The zero-order chi connectivity index (χ0) is 17.9. The highest BCUT2D eigenvalue weighted by Gasteiger charge is 2.26. The summed E-state index contributed by atoms with van der Waals surface area (Å²) in [6, 6.07) is 16.4. The van der Waals surface area contributed by atoms with E-state index >= 15 is 0 Å². The van der Waals surface area contributed by atoms with Crippen LogP contribution in [0.5, 0.6) is 11.5 Å². The normalized spacial score (nSPS) is 23.2. The summed E-state index contributed by atoms with van der Waals surface area (Å²) in [5.41, 5.74) is 2.39. The first-order chi connectivity index (χ1) is 12.7. The van der Waals surface area contributed by atoms with Crippen molar-refractivity contribution in [2.75, 3.05) is 13.2 Å². The van der Waals surface area contributed by atoms with Crippen LogP contribution < -0.4 is 9.47 Å². The molecule has 0 N–H and O–H groups in total. The molecular formula is C22H26O4. The lowest BCUT2D eigenvalue weighted by Gasteiger charge is -2.25. The van der Waals surface area contributed by atoms with Gasteiger partial charge in [0.1, 0.15) is 23.7 Å². The summed E-state index contributed by atoms with van der Waals surface area (Å²) in [5.74, 6) is 1.84. The Bertz CT molecular complexity index is 673. The lowest BCUT2D eigenvalue weighted by atomic mass is 10.1. The number of hydrogen-bond donors (Lipinski definition) is 0. The van der Waals surface area contributed by atoms with Crippen LogP contribution >= 0.6 is 0 Å². The number of benzene rings is 2. The Morgan fingerprint density at radius 2 is 1.15 bits per heavy atom. The van der Waals surface area contributed by atoms with Crippen molar-refractivity contribution in [2.24, 2.45) is 0 Å². The third-order valence-corrected chi connectivity index (χ3v) is 4.93. The van der Waals surface area contributed by atoms with Crippen molar-refractivity contribution in [1.82, 2.24) is 0 Å². The van der Waals surface area contributed by atoms with Crippen LogP contribution in [0.4, 0.5) is 0 Å². The van der Waals surface area contributed by atoms with E-state index in [1.807, 2.05) is 36.4 Å². The number of epoxide rings is 2. The zero-order valence-electron chi connectivity index (χ0n) is 15.4. The summed E-state index contributed by atoms with van der Waals surface area (Å²) in [6.07, 6.45) is 2.37. The van der Waals surface area contributed by atoms with Crippen LogP contribution in [0.3, 0.4) is 0 Å². The summed E-state index contributed by atoms with van der Waals surface area (Å²) in [7, 11) is 0. The van der Waals surface area contributed by atoms with Crippen molar-refractivity contribution in [2.45, 2.75) is 51.1 Å². The topological polar surface area (TPSA) is 43.5 Å². The van der Waals surface area contributed by atoms with Gasteiger partial charge in [0.15, 0.2) is 0 Å². The van der Waals surface area contributed by atoms with Gasteiger partial charge in [-0.15, -0.1) is 0 Å². The molecular weight excluding hydrogens is 328 g/mol. The highest BCUT2D eigenvalue weighted by Crippen LogP contribution is 2.28. The van der Waals surface area contributed by atoms with Gasteiger partial charge in [-0.05, 0) is 37.1 Å². The lowest BCUT2D eigenvalue weighted by Crippen LogP contribution is -2.31. The van der Waals surface area contributed by atoms with Gasteiger partial charge in [-0.3, -0.25) is 0 Å². The number of rotatable bonds is 9. The van der Waals surface area contributed by atoms with Gasteiger partial charge in [-0.2, -0.15) is 0 Å². The van der Waals surface area contributed by atoms with Gasteiger partial charge < -0.3 is 18.9 Å². The van der Waals surface area contributed by atoms with E-state index in [1.165, 1.54) is 11.1 Å². The Labute approximate surface area is 155 Å². The van der Waals surface area contributed by atoms with E-state index in [9.17, 15) is 0 Å². The van der Waals surface area contributed by atoms with Crippen molar-refractivity contribution >= 4 is 0 Å². The summed E-state index contributed by atoms with van der Waals surface area (Å²) < 4.78 is 23.2. The molecule has 0 spiro atoms. The molecule has 0 saturated carbocycles. The van der Waals surface area contributed by atoms with Gasteiger partial charge in [-0.1, -0.05) is 36.4 Å². The Balaban J connectivity index is 1.40. The molecule has 2 fully saturated rings. The molecule has 0 aliphatic carbocycles. The van der Waals surface area contributed by atoms with Crippen LogP contribution in [-0.4, -0.2) is 37.6 Å². The van der Waals surface area contributed by atoms with Gasteiger partial charge in [0.05, 0.1) is 25.4 Å². The largest absolute Gasteiger partial charge is 0.487 e. The fourth-order valence-corrected chi connectivity index (χ4v) is 3.03.